The van der Waals surface area contributed by atoms with E-state index in [4.69, 9.17) is 16.3 Å². The minimum atomic E-state index is 0.535. The molecule has 0 bridgehead atoms. The first kappa shape index (κ1) is 17.3. The highest BCUT2D eigenvalue weighted by atomic mass is 35.5. The molecular formula is C20H18ClN5O. The second-order valence-electron chi connectivity index (χ2n) is 6.16. The minimum Gasteiger partial charge on any atom is -0.497 e. The van der Waals surface area contributed by atoms with Gasteiger partial charge in [0.05, 0.1) is 12.8 Å². The lowest BCUT2D eigenvalue weighted by Gasteiger charge is -2.11. The predicted octanol–water partition coefficient (Wildman–Crippen LogP) is 4.37. The smallest absolute Gasteiger partial charge is 0.254 e. The summed E-state index contributed by atoms with van der Waals surface area (Å²) in [5, 5.41) is 8.42. The molecule has 0 spiro atoms. The lowest BCUT2D eigenvalue weighted by Crippen LogP contribution is -2.07. The quantitative estimate of drug-likeness (QED) is 0.557. The van der Waals surface area contributed by atoms with E-state index in [1.165, 1.54) is 6.33 Å². The van der Waals surface area contributed by atoms with Crippen molar-refractivity contribution in [3.63, 3.8) is 0 Å². The van der Waals surface area contributed by atoms with Crippen LogP contribution in [0, 0.1) is 6.92 Å². The van der Waals surface area contributed by atoms with Gasteiger partial charge in [-0.05, 0) is 48.4 Å². The van der Waals surface area contributed by atoms with Gasteiger partial charge in [0.2, 0.25) is 0 Å². The van der Waals surface area contributed by atoms with Crippen LogP contribution in [0.15, 0.2) is 54.9 Å². The summed E-state index contributed by atoms with van der Waals surface area (Å²) in [5.74, 6) is 2.14. The van der Waals surface area contributed by atoms with E-state index in [9.17, 15) is 0 Å². The number of anilines is 1. The second kappa shape index (κ2) is 7.25. The Bertz CT molecular complexity index is 1090. The number of nitrogens with zero attached hydrogens (tertiary/aromatic N) is 4. The van der Waals surface area contributed by atoms with E-state index in [1.54, 1.807) is 11.6 Å². The van der Waals surface area contributed by atoms with Crippen LogP contribution in [-0.2, 0) is 6.54 Å². The van der Waals surface area contributed by atoms with Crippen LogP contribution in [0.2, 0.25) is 5.02 Å². The van der Waals surface area contributed by atoms with E-state index in [0.29, 0.717) is 12.3 Å². The Morgan fingerprint density at radius 1 is 1.11 bits per heavy atom. The van der Waals surface area contributed by atoms with Gasteiger partial charge in [-0.2, -0.15) is 14.6 Å². The van der Waals surface area contributed by atoms with E-state index < -0.39 is 0 Å². The fourth-order valence-corrected chi connectivity index (χ4v) is 2.99. The first-order valence-electron chi connectivity index (χ1n) is 8.48. The molecule has 2 aromatic heterocycles. The van der Waals surface area contributed by atoms with Gasteiger partial charge in [0.15, 0.2) is 0 Å². The number of fused-ring (bicyclic) bond motifs is 1. The van der Waals surface area contributed by atoms with E-state index >= 15 is 0 Å². The monoisotopic (exact) mass is 379 g/mol. The first-order valence-corrected chi connectivity index (χ1v) is 8.86. The van der Waals surface area contributed by atoms with E-state index in [-0.39, 0.29) is 0 Å². The maximum atomic E-state index is 6.23. The van der Waals surface area contributed by atoms with E-state index in [1.807, 2.05) is 49.4 Å². The third kappa shape index (κ3) is 3.57. The molecule has 7 heteroatoms. The highest BCUT2D eigenvalue weighted by Gasteiger charge is 2.10. The van der Waals surface area contributed by atoms with Gasteiger partial charge in [0.25, 0.3) is 5.78 Å². The van der Waals surface area contributed by atoms with Gasteiger partial charge in [-0.25, -0.2) is 4.98 Å². The molecular weight excluding hydrogens is 362 g/mol. The number of halogens is 1. The van der Waals surface area contributed by atoms with Crippen molar-refractivity contribution >= 4 is 23.2 Å². The largest absolute Gasteiger partial charge is 0.497 e. The van der Waals surface area contributed by atoms with Gasteiger partial charge in [-0.3, -0.25) is 0 Å². The molecule has 0 fully saturated rings. The Labute approximate surface area is 161 Å². The zero-order valence-corrected chi connectivity index (χ0v) is 15.7. The Morgan fingerprint density at radius 2 is 1.93 bits per heavy atom. The standard InChI is InChI=1S/C20H18ClN5O/c1-13-3-4-14(9-17(13)21)11-22-19-10-18(25-20-23-12-24-26(19)20)15-5-7-16(27-2)8-6-15/h3-10,12,22H,11H2,1-2H3. The van der Waals surface area contributed by atoms with Crippen LogP contribution < -0.4 is 10.1 Å². The molecule has 6 nitrogen and oxygen atoms in total. The van der Waals surface area contributed by atoms with Crippen molar-refractivity contribution in [2.75, 3.05) is 12.4 Å². The number of aryl methyl sites for hydroxylation is 1. The number of hydrogen-bond acceptors (Lipinski definition) is 5. The number of ether oxygens (including phenoxy) is 1. The summed E-state index contributed by atoms with van der Waals surface area (Å²) in [5.41, 5.74) is 3.93. The molecule has 1 N–H and O–H groups in total. The molecule has 0 aliphatic rings. The molecule has 0 saturated carbocycles. The number of hydrogen-bond donors (Lipinski definition) is 1. The van der Waals surface area contributed by atoms with Gasteiger partial charge >= 0.3 is 0 Å². The average Bonchev–Trinajstić information content (AvgIpc) is 3.17. The molecule has 4 aromatic rings. The number of aromatic nitrogens is 4. The van der Waals surface area contributed by atoms with Crippen molar-refractivity contribution in [3.05, 3.63) is 71.0 Å². The summed E-state index contributed by atoms with van der Waals surface area (Å²) in [7, 11) is 1.65. The third-order valence-electron chi connectivity index (χ3n) is 4.35. The topological polar surface area (TPSA) is 64.3 Å². The lowest BCUT2D eigenvalue weighted by molar-refractivity contribution is 0.415. The molecule has 0 saturated heterocycles. The lowest BCUT2D eigenvalue weighted by atomic mass is 10.1. The van der Waals surface area contributed by atoms with E-state index in [2.05, 4.69) is 26.4 Å². The fraction of sp³-hybridized carbons (Fsp3) is 0.150. The van der Waals surface area contributed by atoms with Crippen molar-refractivity contribution in [1.29, 1.82) is 0 Å². The number of methoxy groups -OCH3 is 1. The van der Waals surface area contributed by atoms with Crippen molar-refractivity contribution in [2.24, 2.45) is 0 Å². The van der Waals surface area contributed by atoms with Crippen LogP contribution in [0.5, 0.6) is 5.75 Å². The Hall–Kier alpha value is -3.12. The highest BCUT2D eigenvalue weighted by molar-refractivity contribution is 6.31. The maximum absolute atomic E-state index is 6.23. The van der Waals surface area contributed by atoms with Gasteiger partial charge in [-0.1, -0.05) is 23.7 Å². The van der Waals surface area contributed by atoms with Crippen LogP contribution >= 0.6 is 11.6 Å². The van der Waals surface area contributed by atoms with Crippen LogP contribution in [0.3, 0.4) is 0 Å². The fourth-order valence-electron chi connectivity index (χ4n) is 2.79. The summed E-state index contributed by atoms with van der Waals surface area (Å²) in [6.45, 7) is 2.60. The van der Waals surface area contributed by atoms with E-state index in [0.717, 1.165) is 39.0 Å². The summed E-state index contributed by atoms with van der Waals surface area (Å²) in [6.07, 6.45) is 1.49. The molecule has 0 aliphatic heterocycles. The zero-order valence-electron chi connectivity index (χ0n) is 15.0. The predicted molar refractivity (Wildman–Crippen MR) is 106 cm³/mol. The second-order valence-corrected chi connectivity index (χ2v) is 6.57. The van der Waals surface area contributed by atoms with Gasteiger partial charge < -0.3 is 10.1 Å². The van der Waals surface area contributed by atoms with Crippen LogP contribution in [0.1, 0.15) is 11.1 Å². The normalized spacial score (nSPS) is 10.9. The van der Waals surface area contributed by atoms with Crippen molar-refractivity contribution in [3.8, 4) is 17.0 Å². The van der Waals surface area contributed by atoms with Crippen LogP contribution in [0.4, 0.5) is 5.82 Å². The van der Waals surface area contributed by atoms with Crippen LogP contribution in [-0.4, -0.2) is 26.7 Å². The molecule has 0 amide bonds. The average molecular weight is 380 g/mol. The SMILES string of the molecule is COc1ccc(-c2cc(NCc3ccc(C)c(Cl)c3)n3ncnc3n2)cc1. The summed E-state index contributed by atoms with van der Waals surface area (Å²) < 4.78 is 6.91. The Morgan fingerprint density at radius 3 is 2.67 bits per heavy atom. The molecule has 2 heterocycles. The third-order valence-corrected chi connectivity index (χ3v) is 4.75. The minimum absolute atomic E-state index is 0.535. The van der Waals surface area contributed by atoms with Gasteiger partial charge in [0.1, 0.15) is 17.9 Å². The maximum Gasteiger partial charge on any atom is 0.254 e. The number of nitrogens with one attached hydrogen (secondary N) is 1. The Kier molecular flexibility index (Phi) is 4.64. The molecule has 0 aliphatic carbocycles. The molecule has 27 heavy (non-hydrogen) atoms. The van der Waals surface area contributed by atoms with Crippen molar-refractivity contribution in [1.82, 2.24) is 19.6 Å². The molecule has 4 rings (SSSR count). The summed E-state index contributed by atoms with van der Waals surface area (Å²) >= 11 is 6.23. The number of rotatable bonds is 5. The van der Waals surface area contributed by atoms with Crippen molar-refractivity contribution < 1.29 is 4.74 Å². The zero-order chi connectivity index (χ0) is 18.8. The molecule has 136 valence electrons. The Balaban J connectivity index is 1.66. The number of benzene rings is 2. The van der Waals surface area contributed by atoms with Crippen molar-refractivity contribution in [2.45, 2.75) is 13.5 Å². The molecule has 0 atom stereocenters. The van der Waals surface area contributed by atoms with Gasteiger partial charge in [-0.15, -0.1) is 0 Å². The molecule has 0 radical (unpaired) electrons. The van der Waals surface area contributed by atoms with Crippen LogP contribution in [0.25, 0.3) is 17.0 Å². The summed E-state index contributed by atoms with van der Waals surface area (Å²) in [4.78, 5) is 8.82. The van der Waals surface area contributed by atoms with Gasteiger partial charge in [0, 0.05) is 23.2 Å². The summed E-state index contributed by atoms with van der Waals surface area (Å²) in [6, 6.07) is 15.7. The highest BCUT2D eigenvalue weighted by Crippen LogP contribution is 2.24. The molecule has 0 unspecified atom stereocenters. The molecule has 2 aromatic carbocycles. The first-order chi connectivity index (χ1) is 13.1.